The van der Waals surface area contributed by atoms with Crippen molar-refractivity contribution in [1.29, 1.82) is 0 Å². The van der Waals surface area contributed by atoms with Gasteiger partial charge < -0.3 is 13.8 Å². The Morgan fingerprint density at radius 2 is 1.93 bits per heavy atom. The Morgan fingerprint density at radius 3 is 2.63 bits per heavy atom. The zero-order valence-electron chi connectivity index (χ0n) is 14.6. The summed E-state index contributed by atoms with van der Waals surface area (Å²) < 4.78 is 10.6. The number of pyridine rings is 1. The zero-order valence-corrected chi connectivity index (χ0v) is 14.6. The van der Waals surface area contributed by atoms with E-state index in [9.17, 15) is 4.79 Å². The van der Waals surface area contributed by atoms with Crippen LogP contribution in [0, 0.1) is 0 Å². The summed E-state index contributed by atoms with van der Waals surface area (Å²) in [7, 11) is 1.69. The molecule has 0 spiro atoms. The minimum absolute atomic E-state index is 0.140. The molecule has 27 heavy (non-hydrogen) atoms. The summed E-state index contributed by atoms with van der Waals surface area (Å²) in [4.78, 5) is 22.6. The second-order valence-corrected chi connectivity index (χ2v) is 5.94. The number of furan rings is 1. The second-order valence-electron chi connectivity index (χ2n) is 5.94. The van der Waals surface area contributed by atoms with Gasteiger partial charge in [0.15, 0.2) is 0 Å². The maximum absolute atomic E-state index is 12.6. The lowest BCUT2D eigenvalue weighted by molar-refractivity contribution is 0.0769. The molecule has 0 N–H and O–H groups in total. The number of hydrogen-bond donors (Lipinski definition) is 0. The van der Waals surface area contributed by atoms with Crippen molar-refractivity contribution in [3.63, 3.8) is 0 Å². The molecule has 4 rings (SSSR count). The summed E-state index contributed by atoms with van der Waals surface area (Å²) in [6.45, 7) is 0.207. The minimum atomic E-state index is -0.140. The Bertz CT molecular complexity index is 1020. The Balaban J connectivity index is 1.44. The van der Waals surface area contributed by atoms with Crippen LogP contribution in [0.2, 0.25) is 0 Å². The van der Waals surface area contributed by atoms with Crippen molar-refractivity contribution in [3.8, 4) is 22.8 Å². The van der Waals surface area contributed by atoms with E-state index in [1.807, 2.05) is 36.4 Å². The molecular formula is C20H16N4O3. The molecule has 4 aromatic rings. The van der Waals surface area contributed by atoms with Crippen LogP contribution < -0.4 is 0 Å². The van der Waals surface area contributed by atoms with E-state index in [1.165, 1.54) is 4.90 Å². The smallest absolute Gasteiger partial charge is 0.254 e. The number of nitrogens with zero attached hydrogens (tertiary/aromatic N) is 4. The van der Waals surface area contributed by atoms with Gasteiger partial charge in [0.05, 0.1) is 12.8 Å². The van der Waals surface area contributed by atoms with Gasteiger partial charge in [0.2, 0.25) is 11.7 Å². The largest absolute Gasteiger partial charge is 0.464 e. The molecule has 0 saturated carbocycles. The molecule has 0 aliphatic carbocycles. The molecule has 7 nitrogen and oxygen atoms in total. The Kier molecular flexibility index (Phi) is 4.49. The van der Waals surface area contributed by atoms with E-state index in [-0.39, 0.29) is 12.5 Å². The lowest BCUT2D eigenvalue weighted by Gasteiger charge is -2.14. The van der Waals surface area contributed by atoms with Crippen molar-refractivity contribution in [2.24, 2.45) is 0 Å². The van der Waals surface area contributed by atoms with Crippen molar-refractivity contribution < 1.29 is 13.7 Å². The van der Waals surface area contributed by atoms with Crippen LogP contribution in [0.1, 0.15) is 16.2 Å². The van der Waals surface area contributed by atoms with Gasteiger partial charge in [-0.3, -0.25) is 9.78 Å². The fraction of sp³-hybridized carbons (Fsp3) is 0.100. The molecule has 0 atom stereocenters. The minimum Gasteiger partial charge on any atom is -0.464 e. The molecule has 0 unspecified atom stereocenters. The third-order valence-electron chi connectivity index (χ3n) is 4.02. The third kappa shape index (κ3) is 3.62. The number of hydrogen-bond acceptors (Lipinski definition) is 6. The standard InChI is InChI=1S/C20H16N4O3/c1-24(13-18-22-19(23-27-18)16-5-2-3-11-21-16)20(25)15-9-7-14(8-10-15)17-6-4-12-26-17/h2-12H,13H2,1H3. The molecule has 3 heterocycles. The lowest BCUT2D eigenvalue weighted by Crippen LogP contribution is -2.26. The van der Waals surface area contributed by atoms with Gasteiger partial charge in [-0.1, -0.05) is 23.4 Å². The van der Waals surface area contributed by atoms with Gasteiger partial charge in [-0.25, -0.2) is 0 Å². The molecular weight excluding hydrogens is 344 g/mol. The van der Waals surface area contributed by atoms with Crippen molar-refractivity contribution in [1.82, 2.24) is 20.0 Å². The Labute approximate surface area is 155 Å². The Hall–Kier alpha value is -3.74. The van der Waals surface area contributed by atoms with Crippen LogP contribution in [0.3, 0.4) is 0 Å². The summed E-state index contributed by atoms with van der Waals surface area (Å²) in [5.41, 5.74) is 2.10. The lowest BCUT2D eigenvalue weighted by atomic mass is 10.1. The number of carbonyl (C=O) groups excluding carboxylic acids is 1. The zero-order chi connectivity index (χ0) is 18.6. The van der Waals surface area contributed by atoms with Gasteiger partial charge in [-0.05, 0) is 36.4 Å². The number of carbonyl (C=O) groups is 1. The fourth-order valence-electron chi connectivity index (χ4n) is 2.63. The van der Waals surface area contributed by atoms with Crippen LogP contribution in [0.25, 0.3) is 22.8 Å². The molecule has 0 aliphatic heterocycles. The highest BCUT2D eigenvalue weighted by molar-refractivity contribution is 5.94. The Morgan fingerprint density at radius 1 is 1.07 bits per heavy atom. The molecule has 0 radical (unpaired) electrons. The van der Waals surface area contributed by atoms with E-state index in [0.717, 1.165) is 11.3 Å². The van der Waals surface area contributed by atoms with E-state index in [0.29, 0.717) is 23.0 Å². The molecule has 1 amide bonds. The van der Waals surface area contributed by atoms with Crippen LogP contribution in [-0.2, 0) is 6.54 Å². The van der Waals surface area contributed by atoms with Crippen LogP contribution in [0.5, 0.6) is 0 Å². The number of amides is 1. The highest BCUT2D eigenvalue weighted by Gasteiger charge is 2.17. The fourth-order valence-corrected chi connectivity index (χ4v) is 2.63. The highest BCUT2D eigenvalue weighted by Crippen LogP contribution is 2.21. The topological polar surface area (TPSA) is 85.3 Å². The van der Waals surface area contributed by atoms with E-state index in [4.69, 9.17) is 8.94 Å². The predicted molar refractivity (Wildman–Crippen MR) is 97.5 cm³/mol. The summed E-state index contributed by atoms with van der Waals surface area (Å²) in [6.07, 6.45) is 3.28. The van der Waals surface area contributed by atoms with Gasteiger partial charge in [0.25, 0.3) is 5.91 Å². The molecule has 0 saturated heterocycles. The number of benzene rings is 1. The first-order valence-electron chi connectivity index (χ1n) is 8.34. The molecule has 1 aromatic carbocycles. The van der Waals surface area contributed by atoms with E-state index in [2.05, 4.69) is 15.1 Å². The SMILES string of the molecule is CN(Cc1nc(-c2ccccn2)no1)C(=O)c1ccc(-c2ccco2)cc1. The molecule has 0 aliphatic rings. The molecule has 3 aromatic heterocycles. The number of aromatic nitrogens is 3. The second kappa shape index (κ2) is 7.25. The maximum Gasteiger partial charge on any atom is 0.254 e. The van der Waals surface area contributed by atoms with Crippen molar-refractivity contribution in [3.05, 3.63) is 78.5 Å². The van der Waals surface area contributed by atoms with Crippen LogP contribution in [0.15, 0.2) is 76.0 Å². The first kappa shape index (κ1) is 16.7. The van der Waals surface area contributed by atoms with Crippen LogP contribution >= 0.6 is 0 Å². The van der Waals surface area contributed by atoms with E-state index < -0.39 is 0 Å². The maximum atomic E-state index is 12.6. The molecule has 0 fully saturated rings. The summed E-state index contributed by atoms with van der Waals surface area (Å²) in [5.74, 6) is 1.36. The van der Waals surface area contributed by atoms with Crippen LogP contribution in [-0.4, -0.2) is 33.0 Å². The summed E-state index contributed by atoms with van der Waals surface area (Å²) in [5, 5.41) is 3.91. The monoisotopic (exact) mass is 360 g/mol. The van der Waals surface area contributed by atoms with Crippen LogP contribution in [0.4, 0.5) is 0 Å². The van der Waals surface area contributed by atoms with Gasteiger partial charge in [0, 0.05) is 24.4 Å². The average molecular weight is 360 g/mol. The molecule has 7 heteroatoms. The van der Waals surface area contributed by atoms with Crippen molar-refractivity contribution in [2.75, 3.05) is 7.05 Å². The molecule has 134 valence electrons. The average Bonchev–Trinajstić information content (AvgIpc) is 3.40. The summed E-state index contributed by atoms with van der Waals surface area (Å²) >= 11 is 0. The van der Waals surface area contributed by atoms with E-state index >= 15 is 0 Å². The summed E-state index contributed by atoms with van der Waals surface area (Å²) in [6, 6.07) is 16.4. The normalized spacial score (nSPS) is 10.7. The van der Waals surface area contributed by atoms with Gasteiger partial charge in [0.1, 0.15) is 11.5 Å². The number of rotatable bonds is 5. The quantitative estimate of drug-likeness (QED) is 0.540. The first-order valence-corrected chi connectivity index (χ1v) is 8.34. The van der Waals surface area contributed by atoms with E-state index in [1.54, 1.807) is 37.7 Å². The highest BCUT2D eigenvalue weighted by atomic mass is 16.5. The molecule has 0 bridgehead atoms. The predicted octanol–water partition coefficient (Wildman–Crippen LogP) is 3.66. The van der Waals surface area contributed by atoms with Gasteiger partial charge in [-0.2, -0.15) is 4.98 Å². The first-order chi connectivity index (χ1) is 13.2. The third-order valence-corrected chi connectivity index (χ3v) is 4.02. The van der Waals surface area contributed by atoms with Crippen molar-refractivity contribution >= 4 is 5.91 Å². The van der Waals surface area contributed by atoms with Crippen molar-refractivity contribution in [2.45, 2.75) is 6.54 Å². The van der Waals surface area contributed by atoms with Gasteiger partial charge >= 0.3 is 0 Å². The van der Waals surface area contributed by atoms with Gasteiger partial charge in [-0.15, -0.1) is 0 Å².